The lowest BCUT2D eigenvalue weighted by Crippen LogP contribution is -2.48. The Bertz CT molecular complexity index is 545. The Morgan fingerprint density at radius 1 is 1.10 bits per heavy atom. The number of likely N-dealkylation sites (tertiary alicyclic amines) is 1. The molecule has 0 aromatic heterocycles. The van der Waals surface area contributed by atoms with Gasteiger partial charge in [0.2, 0.25) is 11.8 Å². The van der Waals surface area contributed by atoms with Gasteiger partial charge in [0, 0.05) is 17.4 Å². The second-order valence-corrected chi connectivity index (χ2v) is 7.33. The number of carbonyl (C=O) groups excluding carboxylic acids is 3. The quantitative estimate of drug-likeness (QED) is 0.673. The summed E-state index contributed by atoms with van der Waals surface area (Å²) in [6, 6.07) is 0. The van der Waals surface area contributed by atoms with Gasteiger partial charge in [0.1, 0.15) is 0 Å². The third-order valence-electron chi connectivity index (χ3n) is 5.03. The first-order chi connectivity index (χ1) is 9.73. The van der Waals surface area contributed by atoms with Crippen molar-refractivity contribution >= 4 is 17.6 Å². The lowest BCUT2D eigenvalue weighted by molar-refractivity contribution is -0.146. The van der Waals surface area contributed by atoms with E-state index < -0.39 is 23.5 Å². The third kappa shape index (κ3) is 1.98. The molecule has 3 aliphatic rings. The number of aliphatic hydroxyl groups is 1. The number of rotatable bonds is 0. The molecule has 1 N–H and O–H groups in total. The Morgan fingerprint density at radius 3 is 2.33 bits per heavy atom. The molecule has 1 saturated heterocycles. The van der Waals surface area contributed by atoms with E-state index in [-0.39, 0.29) is 29.4 Å². The Balaban J connectivity index is 2.01. The van der Waals surface area contributed by atoms with Gasteiger partial charge in [-0.2, -0.15) is 0 Å². The molecule has 5 nitrogen and oxygen atoms in total. The van der Waals surface area contributed by atoms with E-state index in [1.54, 1.807) is 0 Å². The number of hydrogen-bond acceptors (Lipinski definition) is 4. The van der Waals surface area contributed by atoms with E-state index in [0.717, 1.165) is 0 Å². The molecule has 0 unspecified atom stereocenters. The maximum Gasteiger partial charge on any atom is 0.234 e. The predicted octanol–water partition coefficient (Wildman–Crippen LogP) is 0.912. The van der Waals surface area contributed by atoms with Crippen LogP contribution in [0.25, 0.3) is 0 Å². The van der Waals surface area contributed by atoms with E-state index in [0.29, 0.717) is 12.8 Å². The highest BCUT2D eigenvalue weighted by Gasteiger charge is 2.59. The van der Waals surface area contributed by atoms with Gasteiger partial charge in [-0.1, -0.05) is 6.08 Å². The molecule has 114 valence electrons. The smallest absolute Gasteiger partial charge is 0.234 e. The standard InChI is InChI=1S/C16H21NO4/c1-16(2,3)17-14(20)9-5-4-8-10(18)6-7-11(19)12(8)13(9)15(17)21/h6-9,11-13,19H,4-5H2,1-3H3/t8-,9+,11+,12+,13+/m0/s1. The van der Waals surface area contributed by atoms with Gasteiger partial charge in [-0.15, -0.1) is 0 Å². The van der Waals surface area contributed by atoms with Crippen molar-refractivity contribution in [3.8, 4) is 0 Å². The van der Waals surface area contributed by atoms with E-state index in [1.807, 2.05) is 20.8 Å². The minimum atomic E-state index is -0.822. The molecule has 1 aliphatic heterocycles. The fourth-order valence-electron chi connectivity index (χ4n) is 4.18. The minimum Gasteiger partial charge on any atom is -0.389 e. The maximum absolute atomic E-state index is 12.8. The first-order valence-electron chi connectivity index (χ1n) is 7.51. The van der Waals surface area contributed by atoms with Crippen molar-refractivity contribution in [2.24, 2.45) is 23.7 Å². The molecule has 2 aliphatic carbocycles. The summed E-state index contributed by atoms with van der Waals surface area (Å²) in [5.74, 6) is -2.13. The second-order valence-electron chi connectivity index (χ2n) is 7.33. The number of nitrogens with zero attached hydrogens (tertiary/aromatic N) is 1. The molecule has 5 atom stereocenters. The molecule has 0 aromatic rings. The summed E-state index contributed by atoms with van der Waals surface area (Å²) in [6.07, 6.45) is 3.17. The third-order valence-corrected chi connectivity index (χ3v) is 5.03. The Kier molecular flexibility index (Phi) is 3.10. The Labute approximate surface area is 124 Å². The molecule has 0 spiro atoms. The molecule has 2 fully saturated rings. The monoisotopic (exact) mass is 291 g/mol. The Morgan fingerprint density at radius 2 is 1.71 bits per heavy atom. The molecule has 5 heteroatoms. The second kappa shape index (κ2) is 4.50. The van der Waals surface area contributed by atoms with Gasteiger partial charge in [0.15, 0.2) is 5.78 Å². The average molecular weight is 291 g/mol. The lowest BCUT2D eigenvalue weighted by atomic mass is 9.62. The highest BCUT2D eigenvalue weighted by molar-refractivity contribution is 6.07. The van der Waals surface area contributed by atoms with E-state index in [2.05, 4.69) is 0 Å². The van der Waals surface area contributed by atoms with Crippen LogP contribution in [0.15, 0.2) is 12.2 Å². The minimum absolute atomic E-state index is 0.0294. The summed E-state index contributed by atoms with van der Waals surface area (Å²) in [7, 11) is 0. The van der Waals surface area contributed by atoms with Crippen molar-refractivity contribution in [1.82, 2.24) is 4.90 Å². The van der Waals surface area contributed by atoms with Gasteiger partial charge < -0.3 is 5.11 Å². The number of hydrogen-bond donors (Lipinski definition) is 1. The Hall–Kier alpha value is -1.49. The molecule has 1 saturated carbocycles. The maximum atomic E-state index is 12.8. The van der Waals surface area contributed by atoms with E-state index in [4.69, 9.17) is 0 Å². The van der Waals surface area contributed by atoms with Crippen molar-refractivity contribution < 1.29 is 19.5 Å². The van der Waals surface area contributed by atoms with Gasteiger partial charge in [-0.25, -0.2) is 0 Å². The van der Waals surface area contributed by atoms with Crippen LogP contribution in [0.2, 0.25) is 0 Å². The fraction of sp³-hybridized carbons (Fsp3) is 0.688. The number of allylic oxidation sites excluding steroid dienone is 1. The van der Waals surface area contributed by atoms with Crippen molar-refractivity contribution in [2.45, 2.75) is 45.3 Å². The molecule has 0 bridgehead atoms. The van der Waals surface area contributed by atoms with Crippen molar-refractivity contribution in [3.05, 3.63) is 12.2 Å². The van der Waals surface area contributed by atoms with E-state index >= 15 is 0 Å². The van der Waals surface area contributed by atoms with Gasteiger partial charge >= 0.3 is 0 Å². The van der Waals surface area contributed by atoms with E-state index in [1.165, 1.54) is 17.1 Å². The van der Waals surface area contributed by atoms with Crippen LogP contribution in [-0.4, -0.2) is 39.2 Å². The van der Waals surface area contributed by atoms with Gasteiger partial charge in [0.25, 0.3) is 0 Å². The highest BCUT2D eigenvalue weighted by atomic mass is 16.3. The largest absolute Gasteiger partial charge is 0.389 e. The van der Waals surface area contributed by atoms with Crippen molar-refractivity contribution in [1.29, 1.82) is 0 Å². The number of aliphatic hydroxyl groups excluding tert-OH is 1. The zero-order chi connectivity index (χ0) is 15.5. The highest BCUT2D eigenvalue weighted by Crippen LogP contribution is 2.49. The van der Waals surface area contributed by atoms with Gasteiger partial charge in [-0.3, -0.25) is 19.3 Å². The van der Waals surface area contributed by atoms with Crippen molar-refractivity contribution in [2.75, 3.05) is 0 Å². The lowest BCUT2D eigenvalue weighted by Gasteiger charge is -2.40. The van der Waals surface area contributed by atoms with Crippen LogP contribution < -0.4 is 0 Å². The first-order valence-corrected chi connectivity index (χ1v) is 7.51. The summed E-state index contributed by atoms with van der Waals surface area (Å²) in [6.45, 7) is 5.50. The summed E-state index contributed by atoms with van der Waals surface area (Å²) in [5.41, 5.74) is -0.569. The SMILES string of the molecule is CC(C)(C)N1C(=O)[C@H]2[C@H]3[C@H](O)C=CC(=O)[C@@H]3CC[C@H]2C1=O. The predicted molar refractivity (Wildman–Crippen MR) is 75.0 cm³/mol. The van der Waals surface area contributed by atoms with Crippen LogP contribution in [0.3, 0.4) is 0 Å². The van der Waals surface area contributed by atoms with Crippen LogP contribution in [-0.2, 0) is 14.4 Å². The first kappa shape index (κ1) is 14.4. The molecular weight excluding hydrogens is 270 g/mol. The molecular formula is C16H21NO4. The molecule has 3 rings (SSSR count). The summed E-state index contributed by atoms with van der Waals surface area (Å²) in [4.78, 5) is 38.7. The topological polar surface area (TPSA) is 74.7 Å². The summed E-state index contributed by atoms with van der Waals surface area (Å²) < 4.78 is 0. The van der Waals surface area contributed by atoms with Crippen LogP contribution in [0.1, 0.15) is 33.6 Å². The number of fused-ring (bicyclic) bond motifs is 3. The summed E-state index contributed by atoms with van der Waals surface area (Å²) >= 11 is 0. The van der Waals surface area contributed by atoms with Crippen LogP contribution >= 0.6 is 0 Å². The molecule has 0 aromatic carbocycles. The average Bonchev–Trinajstić information content (AvgIpc) is 2.65. The number of amides is 2. The zero-order valence-electron chi connectivity index (χ0n) is 12.6. The van der Waals surface area contributed by atoms with Crippen LogP contribution in [0.5, 0.6) is 0 Å². The zero-order valence-corrected chi connectivity index (χ0v) is 12.6. The molecule has 2 amide bonds. The van der Waals surface area contributed by atoms with Crippen molar-refractivity contribution in [3.63, 3.8) is 0 Å². The van der Waals surface area contributed by atoms with E-state index in [9.17, 15) is 19.5 Å². The molecule has 1 heterocycles. The summed E-state index contributed by atoms with van der Waals surface area (Å²) in [5, 5.41) is 10.2. The van der Waals surface area contributed by atoms with Crippen LogP contribution in [0.4, 0.5) is 0 Å². The van der Waals surface area contributed by atoms with Gasteiger partial charge in [-0.05, 0) is 39.7 Å². The molecule has 21 heavy (non-hydrogen) atoms. The number of ketones is 1. The number of carbonyl (C=O) groups is 3. The van der Waals surface area contributed by atoms with Gasteiger partial charge in [0.05, 0.1) is 17.9 Å². The number of imide groups is 1. The fourth-order valence-corrected chi connectivity index (χ4v) is 4.18. The normalized spacial score (nSPS) is 39.5. The molecule has 0 radical (unpaired) electrons. The van der Waals surface area contributed by atoms with Crippen LogP contribution in [0, 0.1) is 23.7 Å².